The summed E-state index contributed by atoms with van der Waals surface area (Å²) in [5.41, 5.74) is 2.85. The first-order valence-electron chi connectivity index (χ1n) is 9.22. The van der Waals surface area contributed by atoms with Crippen molar-refractivity contribution in [1.29, 1.82) is 0 Å². The topological polar surface area (TPSA) is 61.6 Å². The van der Waals surface area contributed by atoms with E-state index >= 15 is 0 Å². The van der Waals surface area contributed by atoms with Crippen LogP contribution in [0, 0.1) is 0 Å². The van der Waals surface area contributed by atoms with E-state index in [9.17, 15) is 4.79 Å². The van der Waals surface area contributed by atoms with Gasteiger partial charge in [0.2, 0.25) is 5.89 Å². The number of ether oxygens (including phenoxy) is 2. The van der Waals surface area contributed by atoms with Crippen LogP contribution in [-0.2, 0) is 16.1 Å². The Morgan fingerprint density at radius 1 is 0.828 bits per heavy atom. The Hall–Kier alpha value is -3.86. The number of carbonyl (C=O) groups excluding carboxylic acids is 1. The number of esters is 1. The number of oxazole rings is 1. The second-order valence-electron chi connectivity index (χ2n) is 6.30. The number of hydrogen-bond donors (Lipinski definition) is 0. The highest BCUT2D eigenvalue weighted by Crippen LogP contribution is 2.29. The summed E-state index contributed by atoms with van der Waals surface area (Å²) < 4.78 is 16.5. The van der Waals surface area contributed by atoms with Crippen molar-refractivity contribution in [3.63, 3.8) is 0 Å². The van der Waals surface area contributed by atoms with E-state index in [0.717, 1.165) is 16.7 Å². The molecule has 5 heteroatoms. The Morgan fingerprint density at radius 2 is 1.48 bits per heavy atom. The third-order valence-electron chi connectivity index (χ3n) is 4.29. The number of aromatic nitrogens is 1. The van der Waals surface area contributed by atoms with Crippen molar-refractivity contribution < 1.29 is 18.7 Å². The fourth-order valence-electron chi connectivity index (χ4n) is 2.88. The van der Waals surface area contributed by atoms with Crippen LogP contribution in [0.25, 0.3) is 22.5 Å². The predicted octanol–water partition coefficient (Wildman–Crippen LogP) is 5.13. The Balaban J connectivity index is 1.33. The van der Waals surface area contributed by atoms with Crippen LogP contribution in [0.4, 0.5) is 0 Å². The Labute approximate surface area is 168 Å². The molecule has 0 radical (unpaired) electrons. The first-order chi connectivity index (χ1) is 14.3. The molecule has 5 nitrogen and oxygen atoms in total. The average Bonchev–Trinajstić information content (AvgIpc) is 3.27. The van der Waals surface area contributed by atoms with Crippen molar-refractivity contribution in [3.05, 3.63) is 97.0 Å². The molecule has 1 aromatic heterocycles. The van der Waals surface area contributed by atoms with Crippen molar-refractivity contribution in [3.8, 4) is 28.2 Å². The van der Waals surface area contributed by atoms with E-state index in [0.29, 0.717) is 17.4 Å². The molecule has 0 aliphatic heterocycles. The molecule has 4 rings (SSSR count). The first kappa shape index (κ1) is 18.5. The zero-order valence-corrected chi connectivity index (χ0v) is 15.7. The molecule has 1 heterocycles. The van der Waals surface area contributed by atoms with E-state index in [2.05, 4.69) is 4.98 Å². The number of para-hydroxylation sites is 1. The molecule has 0 fully saturated rings. The van der Waals surface area contributed by atoms with E-state index in [4.69, 9.17) is 13.9 Å². The van der Waals surface area contributed by atoms with Gasteiger partial charge < -0.3 is 13.9 Å². The molecule has 3 aromatic carbocycles. The summed E-state index contributed by atoms with van der Waals surface area (Å²) in [6.45, 7) is -0.245. The number of nitrogens with zero attached hydrogens (tertiary/aromatic N) is 1. The van der Waals surface area contributed by atoms with Gasteiger partial charge in [0, 0.05) is 11.1 Å². The second-order valence-corrected chi connectivity index (χ2v) is 6.30. The van der Waals surface area contributed by atoms with Gasteiger partial charge in [-0.1, -0.05) is 78.9 Å². The molecular weight excluding hydrogens is 366 g/mol. The van der Waals surface area contributed by atoms with Crippen molar-refractivity contribution in [2.75, 3.05) is 6.61 Å². The van der Waals surface area contributed by atoms with Crippen molar-refractivity contribution >= 4 is 5.97 Å². The molecule has 0 saturated heterocycles. The average molecular weight is 385 g/mol. The van der Waals surface area contributed by atoms with Crippen LogP contribution in [0.15, 0.2) is 95.5 Å². The maximum Gasteiger partial charge on any atom is 0.344 e. The highest BCUT2D eigenvalue weighted by molar-refractivity contribution is 5.73. The van der Waals surface area contributed by atoms with Crippen LogP contribution in [0.2, 0.25) is 0 Å². The van der Waals surface area contributed by atoms with Gasteiger partial charge in [-0.3, -0.25) is 0 Å². The molecular formula is C24H19NO4. The molecule has 0 saturated carbocycles. The van der Waals surface area contributed by atoms with Gasteiger partial charge in [-0.2, -0.15) is 0 Å². The Morgan fingerprint density at radius 3 is 2.24 bits per heavy atom. The molecule has 0 aliphatic carbocycles. The van der Waals surface area contributed by atoms with Crippen molar-refractivity contribution in [2.45, 2.75) is 6.61 Å². The summed E-state index contributed by atoms with van der Waals surface area (Å²) in [4.78, 5) is 16.2. The zero-order valence-electron chi connectivity index (χ0n) is 15.7. The van der Waals surface area contributed by atoms with Gasteiger partial charge in [0.1, 0.15) is 5.75 Å². The molecule has 29 heavy (non-hydrogen) atoms. The standard InChI is InChI=1S/C24H19NO4/c26-24(28-16-23-25-15-22(29-23)19-11-5-2-6-12-19)17-27-21-14-8-7-13-20(21)18-9-3-1-4-10-18/h1-15H,16-17H2. The predicted molar refractivity (Wildman–Crippen MR) is 109 cm³/mol. The molecule has 0 atom stereocenters. The van der Waals surface area contributed by atoms with Gasteiger partial charge in [0.05, 0.1) is 6.20 Å². The van der Waals surface area contributed by atoms with Gasteiger partial charge in [-0.25, -0.2) is 9.78 Å². The van der Waals surface area contributed by atoms with Crippen LogP contribution in [0.1, 0.15) is 5.89 Å². The highest BCUT2D eigenvalue weighted by Gasteiger charge is 2.12. The van der Waals surface area contributed by atoms with Crippen LogP contribution < -0.4 is 4.74 Å². The lowest BCUT2D eigenvalue weighted by atomic mass is 10.1. The van der Waals surface area contributed by atoms with Gasteiger partial charge in [0.15, 0.2) is 19.0 Å². The summed E-state index contributed by atoms with van der Waals surface area (Å²) in [6.07, 6.45) is 1.62. The molecule has 144 valence electrons. The lowest BCUT2D eigenvalue weighted by molar-refractivity contribution is -0.148. The maximum atomic E-state index is 12.1. The lowest BCUT2D eigenvalue weighted by Crippen LogP contribution is -2.15. The van der Waals surface area contributed by atoms with Crippen LogP contribution in [0.3, 0.4) is 0 Å². The first-order valence-corrected chi connectivity index (χ1v) is 9.22. The molecule has 0 N–H and O–H groups in total. The summed E-state index contributed by atoms with van der Waals surface area (Å²) in [6, 6.07) is 27.1. The minimum Gasteiger partial charge on any atom is -0.481 e. The van der Waals surface area contributed by atoms with Crippen LogP contribution in [-0.4, -0.2) is 17.6 Å². The third kappa shape index (κ3) is 4.71. The van der Waals surface area contributed by atoms with E-state index in [1.807, 2.05) is 84.9 Å². The van der Waals surface area contributed by atoms with Crippen molar-refractivity contribution in [2.24, 2.45) is 0 Å². The van der Waals surface area contributed by atoms with E-state index in [-0.39, 0.29) is 13.2 Å². The van der Waals surface area contributed by atoms with E-state index in [1.54, 1.807) is 6.20 Å². The number of benzene rings is 3. The minimum absolute atomic E-state index is 0.0463. The fourth-order valence-corrected chi connectivity index (χ4v) is 2.88. The number of carbonyl (C=O) groups is 1. The highest BCUT2D eigenvalue weighted by atomic mass is 16.6. The summed E-state index contributed by atoms with van der Waals surface area (Å²) in [5, 5.41) is 0. The summed E-state index contributed by atoms with van der Waals surface area (Å²) in [5.74, 6) is 1.09. The zero-order chi connectivity index (χ0) is 19.9. The summed E-state index contributed by atoms with van der Waals surface area (Å²) >= 11 is 0. The Kier molecular flexibility index (Phi) is 5.67. The summed E-state index contributed by atoms with van der Waals surface area (Å²) in [7, 11) is 0. The normalized spacial score (nSPS) is 10.5. The fraction of sp³-hybridized carbons (Fsp3) is 0.0833. The van der Waals surface area contributed by atoms with Crippen molar-refractivity contribution in [1.82, 2.24) is 4.98 Å². The number of hydrogen-bond acceptors (Lipinski definition) is 5. The van der Waals surface area contributed by atoms with E-state index < -0.39 is 5.97 Å². The number of rotatable bonds is 7. The monoisotopic (exact) mass is 385 g/mol. The maximum absolute atomic E-state index is 12.1. The molecule has 0 unspecified atom stereocenters. The SMILES string of the molecule is O=C(COc1ccccc1-c1ccccc1)OCc1ncc(-c2ccccc2)o1. The largest absolute Gasteiger partial charge is 0.481 e. The van der Waals surface area contributed by atoms with Crippen LogP contribution in [0.5, 0.6) is 5.75 Å². The van der Waals surface area contributed by atoms with Crippen LogP contribution >= 0.6 is 0 Å². The van der Waals surface area contributed by atoms with Gasteiger partial charge in [0.25, 0.3) is 0 Å². The smallest absolute Gasteiger partial charge is 0.344 e. The molecule has 0 bridgehead atoms. The minimum atomic E-state index is -0.493. The van der Waals surface area contributed by atoms with Gasteiger partial charge in [-0.15, -0.1) is 0 Å². The van der Waals surface area contributed by atoms with Gasteiger partial charge >= 0.3 is 5.97 Å². The van der Waals surface area contributed by atoms with E-state index in [1.165, 1.54) is 0 Å². The molecule has 4 aromatic rings. The quantitative estimate of drug-likeness (QED) is 0.413. The third-order valence-corrected chi connectivity index (χ3v) is 4.29. The molecule has 0 spiro atoms. The second kappa shape index (κ2) is 8.89. The molecule has 0 amide bonds. The van der Waals surface area contributed by atoms with Gasteiger partial charge in [-0.05, 0) is 11.6 Å². The lowest BCUT2D eigenvalue weighted by Gasteiger charge is -2.11. The Bertz CT molecular complexity index is 1070. The molecule has 0 aliphatic rings.